The number of hydrogen-bond donors (Lipinski definition) is 2. The Labute approximate surface area is 95.2 Å². The molecule has 0 amide bonds. The normalized spacial score (nSPS) is 15.9. The lowest BCUT2D eigenvalue weighted by Crippen LogP contribution is -2.22. The number of para-hydroxylation sites is 1. The van der Waals surface area contributed by atoms with Crippen molar-refractivity contribution in [3.63, 3.8) is 0 Å². The van der Waals surface area contributed by atoms with Crippen LogP contribution in [0.15, 0.2) is 18.2 Å². The summed E-state index contributed by atoms with van der Waals surface area (Å²) in [6.45, 7) is 1.33. The highest BCUT2D eigenvalue weighted by atomic mass is 16.6. The van der Waals surface area contributed by atoms with E-state index in [1.165, 1.54) is 0 Å². The largest absolute Gasteiger partial charge is 0.486 e. The van der Waals surface area contributed by atoms with Gasteiger partial charge < -0.3 is 19.9 Å². The highest BCUT2D eigenvalue weighted by Crippen LogP contribution is 2.37. The van der Waals surface area contributed by atoms with Crippen LogP contribution in [0, 0.1) is 0 Å². The molecular weight excluding hydrogens is 206 g/mol. The van der Waals surface area contributed by atoms with E-state index in [2.05, 4.69) is 5.32 Å². The van der Waals surface area contributed by atoms with Gasteiger partial charge in [-0.1, -0.05) is 12.1 Å². The predicted octanol–water partition coefficient (Wildman–Crippen LogP) is 1.10. The molecule has 0 fully saturated rings. The molecule has 0 spiro atoms. The van der Waals surface area contributed by atoms with Crippen LogP contribution in [0.5, 0.6) is 11.5 Å². The SMILES string of the molecule is CNC(CCO)c1cccc2c1OCCO2. The lowest BCUT2D eigenvalue weighted by atomic mass is 10.0. The molecular formula is C12H17NO3. The van der Waals surface area contributed by atoms with Crippen molar-refractivity contribution in [1.29, 1.82) is 0 Å². The second-order valence-corrected chi connectivity index (χ2v) is 3.72. The monoisotopic (exact) mass is 223 g/mol. The molecule has 2 rings (SSSR count). The van der Waals surface area contributed by atoms with E-state index in [9.17, 15) is 0 Å². The zero-order chi connectivity index (χ0) is 11.4. The standard InChI is InChI=1S/C12H17NO3/c1-13-10(5-6-14)9-3-2-4-11-12(9)16-8-7-15-11/h2-4,10,13-14H,5-8H2,1H3. The van der Waals surface area contributed by atoms with Crippen molar-refractivity contribution in [2.24, 2.45) is 0 Å². The number of benzene rings is 1. The van der Waals surface area contributed by atoms with E-state index >= 15 is 0 Å². The van der Waals surface area contributed by atoms with Gasteiger partial charge in [-0.05, 0) is 19.5 Å². The first kappa shape index (κ1) is 11.2. The summed E-state index contributed by atoms with van der Waals surface area (Å²) in [6.07, 6.45) is 0.663. The molecule has 1 atom stereocenters. The third kappa shape index (κ3) is 2.13. The van der Waals surface area contributed by atoms with Gasteiger partial charge in [0.2, 0.25) is 0 Å². The van der Waals surface area contributed by atoms with Crippen molar-refractivity contribution in [2.45, 2.75) is 12.5 Å². The van der Waals surface area contributed by atoms with Crippen LogP contribution in [0.1, 0.15) is 18.0 Å². The molecule has 2 N–H and O–H groups in total. The number of rotatable bonds is 4. The minimum Gasteiger partial charge on any atom is -0.486 e. The summed E-state index contributed by atoms with van der Waals surface area (Å²) in [5.41, 5.74) is 1.05. The van der Waals surface area contributed by atoms with Gasteiger partial charge in [-0.15, -0.1) is 0 Å². The third-order valence-electron chi connectivity index (χ3n) is 2.74. The van der Waals surface area contributed by atoms with Crippen LogP contribution in [0.3, 0.4) is 0 Å². The Morgan fingerprint density at radius 1 is 1.38 bits per heavy atom. The van der Waals surface area contributed by atoms with Crippen molar-refractivity contribution in [2.75, 3.05) is 26.9 Å². The Kier molecular flexibility index (Phi) is 3.64. The Balaban J connectivity index is 2.31. The molecule has 1 aliphatic heterocycles. The minimum atomic E-state index is 0.0987. The minimum absolute atomic E-state index is 0.0987. The number of aliphatic hydroxyl groups excluding tert-OH is 1. The number of fused-ring (bicyclic) bond motifs is 1. The molecule has 0 aliphatic carbocycles. The van der Waals surface area contributed by atoms with Gasteiger partial charge in [-0.3, -0.25) is 0 Å². The average Bonchev–Trinajstić information content (AvgIpc) is 2.35. The molecule has 0 saturated carbocycles. The Bertz CT molecular complexity index is 354. The van der Waals surface area contributed by atoms with Crippen molar-refractivity contribution in [3.05, 3.63) is 23.8 Å². The fraction of sp³-hybridized carbons (Fsp3) is 0.500. The van der Waals surface area contributed by atoms with E-state index in [1.807, 2.05) is 25.2 Å². The van der Waals surface area contributed by atoms with Gasteiger partial charge >= 0.3 is 0 Å². The van der Waals surface area contributed by atoms with Gasteiger partial charge in [-0.25, -0.2) is 0 Å². The van der Waals surface area contributed by atoms with E-state index in [0.717, 1.165) is 17.1 Å². The Hall–Kier alpha value is -1.26. The molecule has 4 heteroatoms. The average molecular weight is 223 g/mol. The molecule has 1 aromatic rings. The summed E-state index contributed by atoms with van der Waals surface area (Å²) in [5, 5.41) is 12.2. The fourth-order valence-corrected chi connectivity index (χ4v) is 1.96. The maximum absolute atomic E-state index is 9.02. The molecule has 1 unspecified atom stereocenters. The van der Waals surface area contributed by atoms with Gasteiger partial charge in [0.05, 0.1) is 0 Å². The van der Waals surface area contributed by atoms with Crippen LogP contribution in [-0.4, -0.2) is 32.0 Å². The van der Waals surface area contributed by atoms with Crippen LogP contribution < -0.4 is 14.8 Å². The molecule has 1 heterocycles. The molecule has 1 aliphatic rings. The highest BCUT2D eigenvalue weighted by molar-refractivity contribution is 5.48. The van der Waals surface area contributed by atoms with Crippen LogP contribution >= 0.6 is 0 Å². The summed E-state index contributed by atoms with van der Waals surface area (Å²) in [4.78, 5) is 0. The molecule has 88 valence electrons. The molecule has 0 aromatic heterocycles. The second-order valence-electron chi connectivity index (χ2n) is 3.72. The first-order valence-electron chi connectivity index (χ1n) is 5.53. The molecule has 16 heavy (non-hydrogen) atoms. The van der Waals surface area contributed by atoms with E-state index < -0.39 is 0 Å². The third-order valence-corrected chi connectivity index (χ3v) is 2.74. The molecule has 1 aromatic carbocycles. The number of aliphatic hydroxyl groups is 1. The summed E-state index contributed by atoms with van der Waals surface area (Å²) in [6, 6.07) is 5.96. The zero-order valence-corrected chi connectivity index (χ0v) is 9.40. The Morgan fingerprint density at radius 2 is 2.19 bits per heavy atom. The summed E-state index contributed by atoms with van der Waals surface area (Å²) < 4.78 is 11.2. The highest BCUT2D eigenvalue weighted by Gasteiger charge is 2.20. The summed E-state index contributed by atoms with van der Waals surface area (Å²) >= 11 is 0. The summed E-state index contributed by atoms with van der Waals surface area (Å²) in [7, 11) is 1.88. The smallest absolute Gasteiger partial charge is 0.166 e. The van der Waals surface area contributed by atoms with Crippen LogP contribution in [0.2, 0.25) is 0 Å². The van der Waals surface area contributed by atoms with Gasteiger partial charge in [0.15, 0.2) is 11.5 Å². The van der Waals surface area contributed by atoms with Crippen molar-refractivity contribution in [1.82, 2.24) is 5.32 Å². The van der Waals surface area contributed by atoms with Gasteiger partial charge in [0, 0.05) is 18.2 Å². The van der Waals surface area contributed by atoms with E-state index in [1.54, 1.807) is 0 Å². The van der Waals surface area contributed by atoms with Gasteiger partial charge in [-0.2, -0.15) is 0 Å². The van der Waals surface area contributed by atoms with Gasteiger partial charge in [0.1, 0.15) is 13.2 Å². The first-order valence-corrected chi connectivity index (χ1v) is 5.53. The molecule has 0 bridgehead atoms. The predicted molar refractivity (Wildman–Crippen MR) is 60.9 cm³/mol. The van der Waals surface area contributed by atoms with E-state index in [4.69, 9.17) is 14.6 Å². The second kappa shape index (κ2) is 5.18. The first-order chi connectivity index (χ1) is 7.86. The number of hydrogen-bond acceptors (Lipinski definition) is 4. The molecule has 0 saturated heterocycles. The van der Waals surface area contributed by atoms with Gasteiger partial charge in [0.25, 0.3) is 0 Å². The quantitative estimate of drug-likeness (QED) is 0.802. The number of nitrogens with one attached hydrogen (secondary N) is 1. The van der Waals surface area contributed by atoms with Crippen LogP contribution in [0.25, 0.3) is 0 Å². The van der Waals surface area contributed by atoms with E-state index in [0.29, 0.717) is 19.6 Å². The van der Waals surface area contributed by atoms with E-state index in [-0.39, 0.29) is 12.6 Å². The lowest BCUT2D eigenvalue weighted by Gasteiger charge is -2.24. The molecule has 4 nitrogen and oxygen atoms in total. The maximum Gasteiger partial charge on any atom is 0.166 e. The topological polar surface area (TPSA) is 50.7 Å². The fourth-order valence-electron chi connectivity index (χ4n) is 1.96. The lowest BCUT2D eigenvalue weighted by molar-refractivity contribution is 0.167. The number of ether oxygens (including phenoxy) is 2. The van der Waals surface area contributed by atoms with Crippen molar-refractivity contribution in [3.8, 4) is 11.5 Å². The van der Waals surface area contributed by atoms with Crippen molar-refractivity contribution < 1.29 is 14.6 Å². The maximum atomic E-state index is 9.02. The zero-order valence-electron chi connectivity index (χ0n) is 9.40. The van der Waals surface area contributed by atoms with Crippen LogP contribution in [0.4, 0.5) is 0 Å². The molecule has 0 radical (unpaired) electrons. The van der Waals surface area contributed by atoms with Crippen molar-refractivity contribution >= 4 is 0 Å². The van der Waals surface area contributed by atoms with Crippen LogP contribution in [-0.2, 0) is 0 Å². The summed E-state index contributed by atoms with van der Waals surface area (Å²) in [5.74, 6) is 1.60. The Morgan fingerprint density at radius 3 is 2.94 bits per heavy atom.